The summed E-state index contributed by atoms with van der Waals surface area (Å²) in [4.78, 5) is 0. The summed E-state index contributed by atoms with van der Waals surface area (Å²) in [5.74, 6) is -66.0. The number of alkyl halides is 20. The molecule has 2 N–H and O–H groups in total. The van der Waals surface area contributed by atoms with Crippen molar-refractivity contribution in [2.24, 2.45) is 11.8 Å². The van der Waals surface area contributed by atoms with E-state index in [0.717, 1.165) is 0 Å². The number of aliphatic hydroxyl groups is 2. The molecule has 0 heterocycles. The second-order valence-electron chi connectivity index (χ2n) is 8.26. The summed E-state index contributed by atoms with van der Waals surface area (Å²) in [6.07, 6.45) is -20.0. The topological polar surface area (TPSA) is 40.5 Å². The first kappa shape index (κ1) is 33.2. The van der Waals surface area contributed by atoms with Gasteiger partial charge in [-0.3, -0.25) is 0 Å². The molecule has 0 aromatic carbocycles. The van der Waals surface area contributed by atoms with E-state index in [0.29, 0.717) is 0 Å². The van der Waals surface area contributed by atoms with Crippen LogP contribution in [0, 0.1) is 11.8 Å². The van der Waals surface area contributed by atoms with Crippen LogP contribution in [-0.4, -0.2) is 76.2 Å². The maximum Gasteiger partial charge on any atom is 0.460 e. The van der Waals surface area contributed by atoms with Crippen LogP contribution in [0.5, 0.6) is 0 Å². The van der Waals surface area contributed by atoms with Crippen molar-refractivity contribution in [3.05, 3.63) is 23.3 Å². The molecule has 0 saturated carbocycles. The lowest BCUT2D eigenvalue weighted by Gasteiger charge is -2.48. The van der Waals surface area contributed by atoms with Gasteiger partial charge in [0.2, 0.25) is 0 Å². The van der Waals surface area contributed by atoms with Gasteiger partial charge in [0, 0.05) is 23.0 Å². The van der Waals surface area contributed by atoms with Crippen LogP contribution in [-0.2, 0) is 0 Å². The number of rotatable bonds is 7. The molecule has 228 valence electrons. The Morgan fingerprint density at radius 2 is 0.692 bits per heavy atom. The van der Waals surface area contributed by atoms with Gasteiger partial charge in [-0.1, -0.05) is 12.2 Å². The molecule has 0 radical (unpaired) electrons. The summed E-state index contributed by atoms with van der Waals surface area (Å²) in [5.41, 5.74) is -6.52. The van der Waals surface area contributed by atoms with Crippen molar-refractivity contribution < 1.29 is 98.0 Å². The van der Waals surface area contributed by atoms with Crippen LogP contribution in [0.15, 0.2) is 23.3 Å². The van der Waals surface area contributed by atoms with Crippen molar-refractivity contribution in [1.82, 2.24) is 0 Å². The van der Waals surface area contributed by atoms with Gasteiger partial charge in [0.15, 0.2) is 0 Å². The average Bonchev–Trinajstić information content (AvgIpc) is 2.73. The Morgan fingerprint density at radius 1 is 0.410 bits per heavy atom. The van der Waals surface area contributed by atoms with Gasteiger partial charge in [-0.15, -0.1) is 0 Å². The third-order valence-electron chi connectivity index (χ3n) is 5.93. The minimum Gasteiger partial charge on any atom is -0.389 e. The summed E-state index contributed by atoms with van der Waals surface area (Å²) in [6, 6.07) is 0. The molecule has 0 aliphatic heterocycles. The van der Waals surface area contributed by atoms with E-state index >= 15 is 0 Å². The predicted octanol–water partition coefficient (Wildman–Crippen LogP) is 6.39. The molecule has 0 saturated heterocycles. The fourth-order valence-electron chi connectivity index (χ4n) is 3.84. The predicted molar refractivity (Wildman–Crippen MR) is 81.9 cm³/mol. The van der Waals surface area contributed by atoms with Gasteiger partial charge in [-0.05, 0) is 0 Å². The van der Waals surface area contributed by atoms with Crippen LogP contribution < -0.4 is 0 Å². The molecule has 0 amide bonds. The molecule has 0 aromatic heterocycles. The van der Waals surface area contributed by atoms with Crippen molar-refractivity contribution in [2.45, 2.75) is 66.0 Å². The monoisotopic (exact) mass is 624 g/mol. The van der Waals surface area contributed by atoms with E-state index in [1.165, 1.54) is 0 Å². The largest absolute Gasteiger partial charge is 0.460 e. The highest BCUT2D eigenvalue weighted by Crippen LogP contribution is 2.66. The first-order valence-electron chi connectivity index (χ1n) is 9.37. The zero-order valence-corrected chi connectivity index (χ0v) is 17.4. The second kappa shape index (κ2) is 8.51. The van der Waals surface area contributed by atoms with Gasteiger partial charge >= 0.3 is 53.8 Å². The lowest BCUT2D eigenvalue weighted by atomic mass is 9.65. The molecule has 22 heteroatoms. The average molecular weight is 624 g/mol. The molecular formula is C17H8F20O2. The minimum atomic E-state index is -8.97. The molecule has 4 unspecified atom stereocenters. The van der Waals surface area contributed by atoms with Crippen LogP contribution in [0.1, 0.15) is 0 Å². The summed E-state index contributed by atoms with van der Waals surface area (Å²) in [6.45, 7) is 0. The first-order valence-corrected chi connectivity index (χ1v) is 9.37. The zero-order chi connectivity index (χ0) is 31.4. The van der Waals surface area contributed by atoms with Crippen LogP contribution >= 0.6 is 0 Å². The molecule has 3 aliphatic rings. The standard InChI is InChI=1S/C17H8F20O2/c18-9(19,5-3-1-2-4(8(39)7(3)38)6(5)10(20,21)22)11(23,24)12(25,26)13(27,28)14(29,30)15(31,32)16(33,34)17(35,36)37/h1-4,7-8,38-39H. The molecule has 0 aromatic rings. The minimum absolute atomic E-state index is 0.0560. The van der Waals surface area contributed by atoms with Crippen LogP contribution in [0.2, 0.25) is 0 Å². The maximum atomic E-state index is 14.7. The van der Waals surface area contributed by atoms with E-state index in [4.69, 9.17) is 0 Å². The normalized spacial score (nSPS) is 26.5. The summed E-state index contributed by atoms with van der Waals surface area (Å²) in [5, 5.41) is 19.1. The smallest absolute Gasteiger partial charge is 0.389 e. The van der Waals surface area contributed by atoms with E-state index in [2.05, 4.69) is 0 Å². The van der Waals surface area contributed by atoms with Gasteiger partial charge < -0.3 is 10.2 Å². The van der Waals surface area contributed by atoms with Crippen LogP contribution in [0.4, 0.5) is 87.8 Å². The third-order valence-corrected chi connectivity index (χ3v) is 5.93. The van der Waals surface area contributed by atoms with Crippen molar-refractivity contribution >= 4 is 0 Å². The number of aliphatic hydroxyl groups excluding tert-OH is 2. The van der Waals surface area contributed by atoms with Crippen LogP contribution in [0.3, 0.4) is 0 Å². The maximum absolute atomic E-state index is 14.7. The van der Waals surface area contributed by atoms with E-state index in [1.807, 2.05) is 0 Å². The quantitative estimate of drug-likeness (QED) is 0.255. The number of hydrogen-bond donors (Lipinski definition) is 2. The Hall–Kier alpha value is -2.00. The van der Waals surface area contributed by atoms with Gasteiger partial charge in [0.05, 0.1) is 12.2 Å². The van der Waals surface area contributed by atoms with E-state index in [1.54, 1.807) is 0 Å². The lowest BCUT2D eigenvalue weighted by Crippen LogP contribution is -2.75. The Bertz CT molecular complexity index is 1030. The second-order valence-corrected chi connectivity index (χ2v) is 8.26. The number of fused-ring (bicyclic) bond motifs is 1. The molecular weight excluding hydrogens is 616 g/mol. The molecule has 2 bridgehead atoms. The van der Waals surface area contributed by atoms with Crippen molar-refractivity contribution in [2.75, 3.05) is 0 Å². The third kappa shape index (κ3) is 4.00. The summed E-state index contributed by atoms with van der Waals surface area (Å²) < 4.78 is 269. The Labute approximate surface area is 200 Å². The van der Waals surface area contributed by atoms with Crippen molar-refractivity contribution in [3.63, 3.8) is 0 Å². The highest BCUT2D eigenvalue weighted by molar-refractivity contribution is 5.45. The van der Waals surface area contributed by atoms with Gasteiger partial charge in [-0.25, -0.2) is 0 Å². The Balaban J connectivity index is 2.81. The van der Waals surface area contributed by atoms with Crippen LogP contribution in [0.25, 0.3) is 0 Å². The summed E-state index contributed by atoms with van der Waals surface area (Å²) >= 11 is 0. The van der Waals surface area contributed by atoms with Gasteiger partial charge in [-0.2, -0.15) is 87.8 Å². The van der Waals surface area contributed by atoms with Crippen molar-refractivity contribution in [1.29, 1.82) is 0 Å². The molecule has 3 rings (SSSR count). The fourth-order valence-corrected chi connectivity index (χ4v) is 3.84. The fraction of sp³-hybridized carbons (Fsp3) is 0.765. The lowest BCUT2D eigenvalue weighted by molar-refractivity contribution is -0.460. The summed E-state index contributed by atoms with van der Waals surface area (Å²) in [7, 11) is 0. The van der Waals surface area contributed by atoms with E-state index < -0.39 is 89.0 Å². The molecule has 3 aliphatic carbocycles. The van der Waals surface area contributed by atoms with E-state index in [9.17, 15) is 98.0 Å². The molecule has 4 atom stereocenters. The van der Waals surface area contributed by atoms with Gasteiger partial charge in [0.1, 0.15) is 0 Å². The SMILES string of the molecule is OC1C2C=CC(C(C(F)(F)C(F)(F)C(F)(F)C(F)(F)C(F)(F)C(F)(F)C(F)(F)C(F)(F)F)=C2C(F)(F)F)C1O. The zero-order valence-electron chi connectivity index (χ0n) is 17.4. The molecule has 39 heavy (non-hydrogen) atoms. The highest BCUT2D eigenvalue weighted by Gasteiger charge is 2.95. The molecule has 2 nitrogen and oxygen atoms in total. The highest BCUT2D eigenvalue weighted by atomic mass is 19.4. The number of hydrogen-bond acceptors (Lipinski definition) is 2. The van der Waals surface area contributed by atoms with E-state index in [-0.39, 0.29) is 12.2 Å². The Kier molecular flexibility index (Phi) is 7.24. The van der Waals surface area contributed by atoms with Crippen molar-refractivity contribution in [3.8, 4) is 0 Å². The Morgan fingerprint density at radius 3 is 1.00 bits per heavy atom. The number of halogens is 20. The first-order chi connectivity index (χ1) is 16.8. The molecule has 0 spiro atoms. The van der Waals surface area contributed by atoms with Gasteiger partial charge in [0.25, 0.3) is 0 Å². The molecule has 0 fully saturated rings.